The Morgan fingerprint density at radius 1 is 0.969 bits per heavy atom. The number of rotatable bonds is 6. The van der Waals surface area contributed by atoms with Crippen LogP contribution < -0.4 is 15.0 Å². The van der Waals surface area contributed by atoms with Gasteiger partial charge < -0.3 is 25.0 Å². The van der Waals surface area contributed by atoms with Crippen molar-refractivity contribution in [2.45, 2.75) is 38.1 Å². The van der Waals surface area contributed by atoms with Gasteiger partial charge in [0.05, 0.1) is 23.9 Å². The fraction of sp³-hybridized carbons (Fsp3) is 0.440. The zero-order valence-electron chi connectivity index (χ0n) is 18.5. The molecule has 7 nitrogen and oxygen atoms in total. The minimum atomic E-state index is -1.06. The molecule has 0 aromatic heterocycles. The number of carboxylic acids is 1. The molecule has 2 saturated heterocycles. The van der Waals surface area contributed by atoms with Gasteiger partial charge in [0.1, 0.15) is 5.75 Å². The van der Waals surface area contributed by atoms with Crippen molar-refractivity contribution < 1.29 is 19.4 Å². The molecule has 2 heterocycles. The lowest BCUT2D eigenvalue weighted by molar-refractivity contribution is 0.0698. The van der Waals surface area contributed by atoms with Crippen molar-refractivity contribution in [3.05, 3.63) is 53.6 Å². The van der Waals surface area contributed by atoms with Gasteiger partial charge in [0.25, 0.3) is 5.91 Å². The molecule has 0 spiro atoms. The maximum Gasteiger partial charge on any atom is 0.337 e. The molecule has 0 bridgehead atoms. The van der Waals surface area contributed by atoms with Crippen molar-refractivity contribution in [3.63, 3.8) is 0 Å². The maximum atomic E-state index is 12.7. The number of benzene rings is 2. The molecule has 4 rings (SSSR count). The number of amides is 1. The first kappa shape index (κ1) is 22.1. The van der Waals surface area contributed by atoms with Gasteiger partial charge in [-0.25, -0.2) is 4.79 Å². The number of hydrogen-bond donors (Lipinski definition) is 2. The molecule has 0 radical (unpaired) electrons. The van der Waals surface area contributed by atoms with Gasteiger partial charge >= 0.3 is 5.97 Å². The first-order valence-electron chi connectivity index (χ1n) is 11.4. The highest BCUT2D eigenvalue weighted by Gasteiger charge is 2.26. The number of hydrogen-bond acceptors (Lipinski definition) is 5. The Hall–Kier alpha value is -3.06. The van der Waals surface area contributed by atoms with Crippen LogP contribution in [0.25, 0.3) is 0 Å². The van der Waals surface area contributed by atoms with Gasteiger partial charge in [0.2, 0.25) is 0 Å². The second-order valence-electron chi connectivity index (χ2n) is 8.50. The number of likely N-dealkylation sites (tertiary alicyclic amines) is 1. The van der Waals surface area contributed by atoms with E-state index in [1.165, 1.54) is 39.5 Å². The molecule has 2 aromatic rings. The third-order valence-corrected chi connectivity index (χ3v) is 6.57. The Labute approximate surface area is 189 Å². The summed E-state index contributed by atoms with van der Waals surface area (Å²) in [6.07, 6.45) is 6.12. The average Bonchev–Trinajstić information content (AvgIpc) is 2.84. The Morgan fingerprint density at radius 2 is 1.69 bits per heavy atom. The van der Waals surface area contributed by atoms with Gasteiger partial charge in [0.15, 0.2) is 0 Å². The molecule has 0 aliphatic carbocycles. The molecule has 2 aliphatic heterocycles. The highest BCUT2D eigenvalue weighted by atomic mass is 16.5. The summed E-state index contributed by atoms with van der Waals surface area (Å²) in [5.74, 6) is -1.03. The van der Waals surface area contributed by atoms with Gasteiger partial charge in [-0.15, -0.1) is 0 Å². The minimum Gasteiger partial charge on any atom is -0.496 e. The first-order chi connectivity index (χ1) is 15.6. The predicted molar refractivity (Wildman–Crippen MR) is 125 cm³/mol. The largest absolute Gasteiger partial charge is 0.496 e. The van der Waals surface area contributed by atoms with Gasteiger partial charge in [-0.05, 0) is 69.1 Å². The number of anilines is 2. The molecule has 2 aliphatic rings. The quantitative estimate of drug-likeness (QED) is 0.708. The smallest absolute Gasteiger partial charge is 0.337 e. The Balaban J connectivity index is 1.46. The van der Waals surface area contributed by atoms with Crippen molar-refractivity contribution in [2.24, 2.45) is 0 Å². The molecule has 170 valence electrons. The van der Waals surface area contributed by atoms with E-state index in [2.05, 4.69) is 15.1 Å². The molecule has 0 atom stereocenters. The van der Waals surface area contributed by atoms with Crippen LogP contribution in [0.15, 0.2) is 42.5 Å². The second kappa shape index (κ2) is 10.0. The van der Waals surface area contributed by atoms with Crippen LogP contribution in [0.4, 0.5) is 11.4 Å². The van der Waals surface area contributed by atoms with Crippen LogP contribution in [0.2, 0.25) is 0 Å². The normalized spacial score (nSPS) is 17.7. The molecule has 1 amide bonds. The summed E-state index contributed by atoms with van der Waals surface area (Å²) >= 11 is 0. The van der Waals surface area contributed by atoms with Gasteiger partial charge in [0, 0.05) is 24.8 Å². The standard InChI is InChI=1S/C25H31N3O4/c1-32-23-8-4-3-7-20(23)24(29)26-22-10-9-19(17-21(22)25(30)31)28-15-11-18(12-16-28)27-13-5-2-6-14-27/h3-4,7-10,17-18H,2,5-6,11-16H2,1H3,(H,26,29)(H,30,31). The molecule has 2 aromatic carbocycles. The van der Waals surface area contributed by atoms with Crippen LogP contribution in [-0.2, 0) is 0 Å². The fourth-order valence-electron chi connectivity index (χ4n) is 4.81. The number of aromatic carboxylic acids is 1. The highest BCUT2D eigenvalue weighted by molar-refractivity contribution is 6.09. The van der Waals surface area contributed by atoms with Crippen LogP contribution in [0.1, 0.15) is 52.8 Å². The summed E-state index contributed by atoms with van der Waals surface area (Å²) in [6.45, 7) is 4.23. The third kappa shape index (κ3) is 4.88. The monoisotopic (exact) mass is 437 g/mol. The van der Waals surface area contributed by atoms with Crippen LogP contribution >= 0.6 is 0 Å². The summed E-state index contributed by atoms with van der Waals surface area (Å²) in [5.41, 5.74) is 1.61. The Morgan fingerprint density at radius 3 is 2.38 bits per heavy atom. The molecular weight excluding hydrogens is 406 g/mol. The lowest BCUT2D eigenvalue weighted by atomic mass is 9.99. The van der Waals surface area contributed by atoms with E-state index in [0.29, 0.717) is 17.4 Å². The van der Waals surface area contributed by atoms with Crippen molar-refractivity contribution in [2.75, 3.05) is 43.5 Å². The highest BCUT2D eigenvalue weighted by Crippen LogP contribution is 2.29. The number of carboxylic acid groups (broad SMARTS) is 1. The molecule has 2 N–H and O–H groups in total. The minimum absolute atomic E-state index is 0.0869. The predicted octanol–water partition coefficient (Wildman–Crippen LogP) is 4.10. The van der Waals surface area contributed by atoms with E-state index in [1.54, 1.807) is 36.4 Å². The fourth-order valence-corrected chi connectivity index (χ4v) is 4.81. The number of nitrogens with one attached hydrogen (secondary N) is 1. The molecular formula is C25H31N3O4. The van der Waals surface area contributed by atoms with Crippen molar-refractivity contribution in [3.8, 4) is 5.75 Å². The first-order valence-corrected chi connectivity index (χ1v) is 11.4. The molecule has 32 heavy (non-hydrogen) atoms. The van der Waals surface area contributed by atoms with Crippen molar-refractivity contribution in [1.82, 2.24) is 4.90 Å². The topological polar surface area (TPSA) is 82.1 Å². The lowest BCUT2D eigenvalue weighted by Crippen LogP contribution is -2.46. The molecule has 0 saturated carbocycles. The zero-order chi connectivity index (χ0) is 22.5. The van der Waals surface area contributed by atoms with E-state index in [4.69, 9.17) is 4.74 Å². The third-order valence-electron chi connectivity index (χ3n) is 6.57. The number of nitrogens with zero attached hydrogens (tertiary/aromatic N) is 2. The summed E-state index contributed by atoms with van der Waals surface area (Å²) in [7, 11) is 1.50. The Kier molecular flexibility index (Phi) is 6.95. The van der Waals surface area contributed by atoms with Gasteiger partial charge in [-0.2, -0.15) is 0 Å². The van der Waals surface area contributed by atoms with E-state index < -0.39 is 11.9 Å². The van der Waals surface area contributed by atoms with Crippen LogP contribution in [-0.4, -0.2) is 61.2 Å². The molecule has 2 fully saturated rings. The second-order valence-corrected chi connectivity index (χ2v) is 8.50. The van der Waals surface area contributed by atoms with Crippen molar-refractivity contribution >= 4 is 23.3 Å². The molecule has 0 unspecified atom stereocenters. The van der Waals surface area contributed by atoms with Crippen molar-refractivity contribution in [1.29, 1.82) is 0 Å². The van der Waals surface area contributed by atoms with Crippen LogP contribution in [0, 0.1) is 0 Å². The summed E-state index contributed by atoms with van der Waals surface area (Å²) in [6, 6.07) is 12.7. The van der Waals surface area contributed by atoms with E-state index in [0.717, 1.165) is 31.6 Å². The number of carbonyl (C=O) groups is 2. The zero-order valence-corrected chi connectivity index (χ0v) is 18.5. The van der Waals surface area contributed by atoms with Gasteiger partial charge in [-0.3, -0.25) is 4.79 Å². The number of para-hydroxylation sites is 1. The maximum absolute atomic E-state index is 12.7. The van der Waals surface area contributed by atoms with Gasteiger partial charge in [-0.1, -0.05) is 18.6 Å². The lowest BCUT2D eigenvalue weighted by Gasteiger charge is -2.41. The summed E-state index contributed by atoms with van der Waals surface area (Å²) in [4.78, 5) is 29.6. The number of methoxy groups -OCH3 is 1. The number of carbonyl (C=O) groups excluding carboxylic acids is 1. The Bertz CT molecular complexity index is 963. The number of piperidine rings is 2. The van der Waals surface area contributed by atoms with E-state index in [1.807, 2.05) is 6.07 Å². The summed E-state index contributed by atoms with van der Waals surface area (Å²) in [5, 5.41) is 12.5. The van der Waals surface area contributed by atoms with Crippen LogP contribution in [0.5, 0.6) is 5.75 Å². The van der Waals surface area contributed by atoms with Crippen LogP contribution in [0.3, 0.4) is 0 Å². The van der Waals surface area contributed by atoms with E-state index in [9.17, 15) is 14.7 Å². The molecule has 7 heteroatoms. The SMILES string of the molecule is COc1ccccc1C(=O)Nc1ccc(N2CCC(N3CCCCC3)CC2)cc1C(=O)O. The average molecular weight is 438 g/mol. The van der Waals surface area contributed by atoms with E-state index in [-0.39, 0.29) is 11.3 Å². The summed E-state index contributed by atoms with van der Waals surface area (Å²) < 4.78 is 5.25. The van der Waals surface area contributed by atoms with E-state index >= 15 is 0 Å². The number of ether oxygens (including phenoxy) is 1.